The van der Waals surface area contributed by atoms with E-state index in [0.29, 0.717) is 25.9 Å². The van der Waals surface area contributed by atoms with Gasteiger partial charge in [-0.25, -0.2) is 4.79 Å². The molecule has 23 heavy (non-hydrogen) atoms. The minimum Gasteiger partial charge on any atom is -0.466 e. The van der Waals surface area contributed by atoms with Gasteiger partial charge in [-0.3, -0.25) is 4.79 Å². The number of piperidine rings is 1. The lowest BCUT2D eigenvalue weighted by molar-refractivity contribution is -0.171. The molecule has 0 aromatic carbocycles. The maximum atomic E-state index is 12.1. The fourth-order valence-corrected chi connectivity index (χ4v) is 2.18. The first-order valence-corrected chi connectivity index (χ1v) is 8.24. The van der Waals surface area contributed by atoms with E-state index in [0.717, 1.165) is 6.42 Å². The molecule has 0 radical (unpaired) electrons. The molecule has 7 nitrogen and oxygen atoms in total. The van der Waals surface area contributed by atoms with Crippen LogP contribution in [0.2, 0.25) is 0 Å². The highest BCUT2D eigenvalue weighted by molar-refractivity contribution is 5.69. The van der Waals surface area contributed by atoms with Crippen LogP contribution < -0.4 is 0 Å². The molecule has 1 saturated heterocycles. The first kappa shape index (κ1) is 19.7. The number of amides is 1. The molecule has 1 heterocycles. The molecule has 1 amide bonds. The van der Waals surface area contributed by atoms with Gasteiger partial charge in [0, 0.05) is 13.1 Å². The van der Waals surface area contributed by atoms with Crippen LogP contribution in [0.15, 0.2) is 0 Å². The zero-order valence-electron chi connectivity index (χ0n) is 14.5. The third kappa shape index (κ3) is 7.18. The molecular formula is C16H29NO6. The van der Waals surface area contributed by atoms with Crippen LogP contribution in [-0.4, -0.2) is 59.8 Å². The fourth-order valence-electron chi connectivity index (χ4n) is 2.18. The number of carbonyl (C=O) groups is 2. The van der Waals surface area contributed by atoms with E-state index in [1.807, 2.05) is 20.8 Å². The second-order valence-electron chi connectivity index (χ2n) is 6.27. The molecule has 0 aromatic rings. The molecule has 0 aliphatic carbocycles. The Kier molecular flexibility index (Phi) is 7.78. The molecule has 1 aliphatic heterocycles. The molecule has 1 unspecified atom stereocenters. The Morgan fingerprint density at radius 1 is 1.26 bits per heavy atom. The molecule has 0 aromatic heterocycles. The number of hydrogen-bond donors (Lipinski definition) is 1. The summed E-state index contributed by atoms with van der Waals surface area (Å²) in [5.41, 5.74) is -0.472. The molecular weight excluding hydrogens is 302 g/mol. The van der Waals surface area contributed by atoms with Crippen LogP contribution in [0.4, 0.5) is 4.79 Å². The molecule has 1 aliphatic rings. The molecule has 134 valence electrons. The first-order valence-electron chi connectivity index (χ1n) is 8.24. The minimum absolute atomic E-state index is 0.178. The predicted octanol–water partition coefficient (Wildman–Crippen LogP) is 2.06. The maximum absolute atomic E-state index is 12.1. The lowest BCUT2D eigenvalue weighted by Crippen LogP contribution is -2.44. The summed E-state index contributed by atoms with van der Waals surface area (Å²) in [7, 11) is 0. The highest BCUT2D eigenvalue weighted by Gasteiger charge is 2.29. The van der Waals surface area contributed by atoms with Crippen LogP contribution in [0.3, 0.4) is 0 Å². The number of aliphatic hydroxyl groups excluding tert-OH is 1. The Bertz CT molecular complexity index is 390. The average molecular weight is 331 g/mol. The van der Waals surface area contributed by atoms with Crippen LogP contribution in [0.5, 0.6) is 0 Å². The number of likely N-dealkylation sites (tertiary alicyclic amines) is 1. The Balaban J connectivity index is 2.32. The van der Waals surface area contributed by atoms with Crippen molar-refractivity contribution in [3.63, 3.8) is 0 Å². The molecule has 1 fully saturated rings. The van der Waals surface area contributed by atoms with Crippen molar-refractivity contribution < 1.29 is 28.9 Å². The van der Waals surface area contributed by atoms with Crippen molar-refractivity contribution in [3.8, 4) is 0 Å². The van der Waals surface area contributed by atoms with E-state index in [9.17, 15) is 14.7 Å². The Hall–Kier alpha value is -1.34. The monoisotopic (exact) mass is 331 g/mol. The van der Waals surface area contributed by atoms with Gasteiger partial charge >= 0.3 is 12.1 Å². The summed E-state index contributed by atoms with van der Waals surface area (Å²) in [6.45, 7) is 8.74. The molecule has 1 N–H and O–H groups in total. The smallest absolute Gasteiger partial charge is 0.410 e. The zero-order chi connectivity index (χ0) is 17.5. The summed E-state index contributed by atoms with van der Waals surface area (Å²) < 4.78 is 15.7. The first-order chi connectivity index (χ1) is 10.8. The Morgan fingerprint density at radius 2 is 1.87 bits per heavy atom. The zero-order valence-corrected chi connectivity index (χ0v) is 14.5. The van der Waals surface area contributed by atoms with Crippen molar-refractivity contribution in [1.29, 1.82) is 0 Å². The molecule has 1 rings (SSSR count). The molecule has 0 saturated carbocycles. The van der Waals surface area contributed by atoms with Gasteiger partial charge in [0.25, 0.3) is 0 Å². The van der Waals surface area contributed by atoms with Crippen LogP contribution in [0.1, 0.15) is 53.4 Å². The molecule has 7 heteroatoms. The second kappa shape index (κ2) is 9.08. The van der Waals surface area contributed by atoms with Crippen LogP contribution in [-0.2, 0) is 19.0 Å². The second-order valence-corrected chi connectivity index (χ2v) is 6.27. The van der Waals surface area contributed by atoms with Gasteiger partial charge in [-0.2, -0.15) is 0 Å². The fraction of sp³-hybridized carbons (Fsp3) is 0.875. The lowest BCUT2D eigenvalue weighted by atomic mass is 10.1. The van der Waals surface area contributed by atoms with Gasteiger partial charge in [0.2, 0.25) is 0 Å². The quantitative estimate of drug-likeness (QED) is 0.568. The number of carbonyl (C=O) groups excluding carboxylic acids is 2. The van der Waals surface area contributed by atoms with E-state index in [2.05, 4.69) is 0 Å². The molecule has 1 atom stereocenters. The SMILES string of the molecule is CCOC(=O)CC(O)OC1CCN(C(=O)OC(C)(C)CC)CC1. The number of nitrogens with zero attached hydrogens (tertiary/aromatic N) is 1. The number of esters is 1. The van der Waals surface area contributed by atoms with E-state index in [4.69, 9.17) is 14.2 Å². The van der Waals surface area contributed by atoms with Gasteiger partial charge in [-0.1, -0.05) is 6.92 Å². The average Bonchev–Trinajstić information content (AvgIpc) is 2.47. The van der Waals surface area contributed by atoms with Crippen LogP contribution in [0.25, 0.3) is 0 Å². The Labute approximate surface area is 137 Å². The third-order valence-corrected chi connectivity index (χ3v) is 3.91. The largest absolute Gasteiger partial charge is 0.466 e. The van der Waals surface area contributed by atoms with Crippen LogP contribution in [0, 0.1) is 0 Å². The summed E-state index contributed by atoms with van der Waals surface area (Å²) in [6.07, 6.45) is 0.101. The molecule has 0 bridgehead atoms. The van der Waals surface area contributed by atoms with Gasteiger partial charge in [0.05, 0.1) is 19.1 Å². The summed E-state index contributed by atoms with van der Waals surface area (Å²) in [6, 6.07) is 0. The van der Waals surface area contributed by atoms with Gasteiger partial charge in [-0.15, -0.1) is 0 Å². The minimum atomic E-state index is -1.17. The van der Waals surface area contributed by atoms with Crippen molar-refractivity contribution in [3.05, 3.63) is 0 Å². The predicted molar refractivity (Wildman–Crippen MR) is 83.8 cm³/mol. The van der Waals surface area contributed by atoms with Crippen molar-refractivity contribution in [2.24, 2.45) is 0 Å². The van der Waals surface area contributed by atoms with E-state index in [1.54, 1.807) is 11.8 Å². The highest BCUT2D eigenvalue weighted by Crippen LogP contribution is 2.20. The maximum Gasteiger partial charge on any atom is 0.410 e. The summed E-state index contributed by atoms with van der Waals surface area (Å²) in [4.78, 5) is 25.0. The van der Waals surface area contributed by atoms with Gasteiger partial charge in [0.1, 0.15) is 5.60 Å². The summed E-state index contributed by atoms with van der Waals surface area (Å²) in [5.74, 6) is -0.484. The van der Waals surface area contributed by atoms with Gasteiger partial charge in [0.15, 0.2) is 6.29 Å². The van der Waals surface area contributed by atoms with Crippen LogP contribution >= 0.6 is 0 Å². The number of ether oxygens (including phenoxy) is 3. The lowest BCUT2D eigenvalue weighted by Gasteiger charge is -2.34. The van der Waals surface area contributed by atoms with Gasteiger partial charge < -0.3 is 24.2 Å². The van der Waals surface area contributed by atoms with E-state index in [1.165, 1.54) is 0 Å². The van der Waals surface area contributed by atoms with Gasteiger partial charge in [-0.05, 0) is 40.0 Å². The summed E-state index contributed by atoms with van der Waals surface area (Å²) in [5, 5.41) is 9.73. The third-order valence-electron chi connectivity index (χ3n) is 3.91. The van der Waals surface area contributed by atoms with Crippen molar-refractivity contribution in [2.75, 3.05) is 19.7 Å². The summed E-state index contributed by atoms with van der Waals surface area (Å²) >= 11 is 0. The van der Waals surface area contributed by atoms with E-state index in [-0.39, 0.29) is 25.2 Å². The van der Waals surface area contributed by atoms with Crippen molar-refractivity contribution in [2.45, 2.75) is 71.4 Å². The van der Waals surface area contributed by atoms with Crippen molar-refractivity contribution in [1.82, 2.24) is 4.90 Å². The number of hydrogen-bond acceptors (Lipinski definition) is 6. The normalized spacial score (nSPS) is 17.7. The highest BCUT2D eigenvalue weighted by atomic mass is 16.6. The number of aliphatic hydroxyl groups is 1. The van der Waals surface area contributed by atoms with Crippen molar-refractivity contribution >= 4 is 12.1 Å². The standard InChI is InChI=1S/C16H29NO6/c1-5-16(3,4)23-15(20)17-9-7-12(8-10-17)22-14(19)11-13(18)21-6-2/h12,14,19H,5-11H2,1-4H3. The molecule has 0 spiro atoms. The number of rotatable bonds is 7. The van der Waals surface area contributed by atoms with E-state index >= 15 is 0 Å². The Morgan fingerprint density at radius 3 is 2.39 bits per heavy atom. The topological polar surface area (TPSA) is 85.3 Å². The van der Waals surface area contributed by atoms with E-state index < -0.39 is 17.9 Å².